The number of ether oxygens (including phenoxy) is 2. The van der Waals surface area contributed by atoms with Gasteiger partial charge in [-0.2, -0.15) is 0 Å². The summed E-state index contributed by atoms with van der Waals surface area (Å²) in [5.41, 5.74) is 9.01. The number of nitrogens with zero attached hydrogens (tertiary/aromatic N) is 4. The minimum absolute atomic E-state index is 0.227. The number of anilines is 2. The normalized spacial score (nSPS) is 17.4. The SMILES string of the molecule is CN1CCN(CCN(Cc2ccc(C(=O)Nc3cscc3N)nc2)C(=O)NC2=COC=C(C3=CC=CCC3)O2)CC1. The van der Waals surface area contributed by atoms with E-state index >= 15 is 0 Å². The molecule has 0 bridgehead atoms. The third kappa shape index (κ3) is 7.75. The molecule has 0 aromatic carbocycles. The van der Waals surface area contributed by atoms with Gasteiger partial charge in [-0.1, -0.05) is 24.3 Å². The molecule has 216 valence electrons. The zero-order valence-electron chi connectivity index (χ0n) is 23.0. The summed E-state index contributed by atoms with van der Waals surface area (Å²) in [4.78, 5) is 36.8. The highest BCUT2D eigenvalue weighted by Crippen LogP contribution is 2.26. The van der Waals surface area contributed by atoms with E-state index in [9.17, 15) is 9.59 Å². The molecule has 41 heavy (non-hydrogen) atoms. The van der Waals surface area contributed by atoms with Gasteiger partial charge < -0.3 is 30.3 Å². The first kappa shape index (κ1) is 28.4. The Kier molecular flexibility index (Phi) is 9.34. The number of likely N-dealkylation sites (N-methyl/N-ethyl adjacent to an activating group) is 1. The van der Waals surface area contributed by atoms with Crippen molar-refractivity contribution in [3.8, 4) is 0 Å². The molecular formula is C29H35N7O4S. The van der Waals surface area contributed by atoms with E-state index in [2.05, 4.69) is 38.5 Å². The topological polar surface area (TPSA) is 125 Å². The van der Waals surface area contributed by atoms with Crippen LogP contribution in [0.15, 0.2) is 77.1 Å². The second kappa shape index (κ2) is 13.5. The fraction of sp³-hybridized carbons (Fsp3) is 0.345. The predicted molar refractivity (Wildman–Crippen MR) is 159 cm³/mol. The summed E-state index contributed by atoms with van der Waals surface area (Å²) in [6, 6.07) is 3.13. The van der Waals surface area contributed by atoms with Crippen molar-refractivity contribution in [2.24, 2.45) is 0 Å². The van der Waals surface area contributed by atoms with Gasteiger partial charge in [-0.05, 0) is 37.1 Å². The number of nitrogens with one attached hydrogen (secondary N) is 2. The van der Waals surface area contributed by atoms with E-state index in [1.165, 1.54) is 17.6 Å². The van der Waals surface area contributed by atoms with Gasteiger partial charge >= 0.3 is 6.03 Å². The Balaban J connectivity index is 1.23. The van der Waals surface area contributed by atoms with Gasteiger partial charge in [0.15, 0.2) is 12.0 Å². The molecule has 11 nitrogen and oxygen atoms in total. The number of carbonyl (C=O) groups excluding carboxylic acids is 2. The molecule has 1 saturated heterocycles. The predicted octanol–water partition coefficient (Wildman–Crippen LogP) is 3.70. The number of hydrogen-bond acceptors (Lipinski definition) is 9. The zero-order chi connectivity index (χ0) is 28.6. The van der Waals surface area contributed by atoms with Crippen LogP contribution in [0.4, 0.5) is 16.2 Å². The largest absolute Gasteiger partial charge is 0.463 e. The van der Waals surface area contributed by atoms with Crippen LogP contribution in [0.3, 0.4) is 0 Å². The second-order valence-corrected chi connectivity index (χ2v) is 10.8. The standard InChI is InChI=1S/C29H35N7O4S/c1-34-9-11-35(12-10-34)13-14-36(29(38)33-27-18-39-17-26(40-27)22-5-3-2-4-6-22)16-21-7-8-24(31-15-21)28(37)32-25-20-41-19-23(25)30/h2-3,5,7-8,15,17-20H,4,6,9-14,16,30H2,1H3,(H,32,37)(H,33,38). The highest BCUT2D eigenvalue weighted by molar-refractivity contribution is 7.09. The van der Waals surface area contributed by atoms with Crippen LogP contribution in [0.1, 0.15) is 28.9 Å². The Morgan fingerprint density at radius 3 is 2.71 bits per heavy atom. The van der Waals surface area contributed by atoms with Gasteiger partial charge in [0.1, 0.15) is 12.0 Å². The minimum Gasteiger partial charge on any atom is -0.463 e. The maximum absolute atomic E-state index is 13.5. The Bertz CT molecular complexity index is 1360. The number of hydrogen-bond donors (Lipinski definition) is 3. The number of aromatic nitrogens is 1. The lowest BCUT2D eigenvalue weighted by Gasteiger charge is -2.34. The summed E-state index contributed by atoms with van der Waals surface area (Å²) in [6.45, 7) is 5.43. The van der Waals surface area contributed by atoms with Crippen LogP contribution in [0, 0.1) is 0 Å². The first-order valence-electron chi connectivity index (χ1n) is 13.6. The van der Waals surface area contributed by atoms with E-state index in [1.54, 1.807) is 40.3 Å². The van der Waals surface area contributed by atoms with E-state index in [-0.39, 0.29) is 23.5 Å². The molecule has 4 heterocycles. The lowest BCUT2D eigenvalue weighted by atomic mass is 10.0. The molecule has 0 radical (unpaired) electrons. The monoisotopic (exact) mass is 577 g/mol. The van der Waals surface area contributed by atoms with Gasteiger partial charge in [-0.15, -0.1) is 11.3 Å². The molecule has 12 heteroatoms. The van der Waals surface area contributed by atoms with Crippen LogP contribution < -0.4 is 16.4 Å². The molecule has 2 aromatic heterocycles. The third-order valence-electron chi connectivity index (χ3n) is 7.07. The van der Waals surface area contributed by atoms with E-state index in [0.717, 1.165) is 56.7 Å². The van der Waals surface area contributed by atoms with Crippen LogP contribution in [0.25, 0.3) is 0 Å². The van der Waals surface area contributed by atoms with Crippen molar-refractivity contribution >= 4 is 34.6 Å². The van der Waals surface area contributed by atoms with Crippen LogP contribution in [-0.4, -0.2) is 77.9 Å². The molecule has 0 spiro atoms. The number of piperazine rings is 1. The first-order valence-corrected chi connectivity index (χ1v) is 14.5. The lowest BCUT2D eigenvalue weighted by molar-refractivity contribution is 0.102. The van der Waals surface area contributed by atoms with Crippen molar-refractivity contribution in [2.45, 2.75) is 19.4 Å². The Morgan fingerprint density at radius 2 is 2.00 bits per heavy atom. The van der Waals surface area contributed by atoms with Crippen LogP contribution in [0.5, 0.6) is 0 Å². The molecule has 4 N–H and O–H groups in total. The first-order chi connectivity index (χ1) is 19.9. The molecule has 1 fully saturated rings. The quantitative estimate of drug-likeness (QED) is 0.412. The van der Waals surface area contributed by atoms with E-state index < -0.39 is 0 Å². The summed E-state index contributed by atoms with van der Waals surface area (Å²) >= 11 is 1.41. The molecule has 0 atom stereocenters. The van der Waals surface area contributed by atoms with Crippen molar-refractivity contribution in [2.75, 3.05) is 57.4 Å². The molecule has 0 saturated carbocycles. The van der Waals surface area contributed by atoms with Gasteiger partial charge in [0.2, 0.25) is 5.88 Å². The van der Waals surface area contributed by atoms with Gasteiger partial charge in [0.25, 0.3) is 5.91 Å². The van der Waals surface area contributed by atoms with Crippen molar-refractivity contribution in [3.63, 3.8) is 0 Å². The number of thiophene rings is 1. The highest BCUT2D eigenvalue weighted by atomic mass is 32.1. The van der Waals surface area contributed by atoms with Crippen LogP contribution >= 0.6 is 11.3 Å². The zero-order valence-corrected chi connectivity index (χ0v) is 23.9. The van der Waals surface area contributed by atoms with Gasteiger partial charge in [0.05, 0.1) is 11.4 Å². The maximum Gasteiger partial charge on any atom is 0.324 e. The average Bonchev–Trinajstić information content (AvgIpc) is 3.40. The number of urea groups is 1. The fourth-order valence-electron chi connectivity index (χ4n) is 4.57. The molecule has 5 rings (SSSR count). The molecule has 1 aliphatic carbocycles. The molecule has 0 unspecified atom stereocenters. The number of nitrogens with two attached hydrogens (primary N) is 1. The Morgan fingerprint density at radius 1 is 1.15 bits per heavy atom. The lowest BCUT2D eigenvalue weighted by Crippen LogP contribution is -2.48. The van der Waals surface area contributed by atoms with E-state index in [0.29, 0.717) is 30.2 Å². The number of rotatable bonds is 9. The van der Waals surface area contributed by atoms with Crippen LogP contribution in [-0.2, 0) is 16.0 Å². The number of allylic oxidation sites excluding steroid dienone is 4. The number of nitrogen functional groups attached to an aromatic ring is 1. The second-order valence-electron chi connectivity index (χ2n) is 10.1. The van der Waals surface area contributed by atoms with Crippen molar-refractivity contribution in [1.29, 1.82) is 0 Å². The van der Waals surface area contributed by atoms with E-state index in [1.807, 2.05) is 12.2 Å². The van der Waals surface area contributed by atoms with Crippen molar-refractivity contribution in [3.05, 3.63) is 88.3 Å². The minimum atomic E-state index is -0.347. The average molecular weight is 578 g/mol. The molecule has 2 aliphatic heterocycles. The van der Waals surface area contributed by atoms with Crippen molar-refractivity contribution < 1.29 is 19.1 Å². The summed E-state index contributed by atoms with van der Waals surface area (Å²) in [7, 11) is 2.12. The van der Waals surface area contributed by atoms with Gasteiger partial charge in [-0.25, -0.2) is 4.79 Å². The Hall–Kier alpha value is -4.13. The smallest absolute Gasteiger partial charge is 0.324 e. The Labute approximate surface area is 243 Å². The third-order valence-corrected chi connectivity index (χ3v) is 7.83. The number of carbonyl (C=O) groups is 2. The number of amides is 3. The highest BCUT2D eigenvalue weighted by Gasteiger charge is 2.22. The fourth-order valence-corrected chi connectivity index (χ4v) is 5.24. The molecule has 3 amide bonds. The molecule has 2 aromatic rings. The summed E-state index contributed by atoms with van der Waals surface area (Å²) < 4.78 is 11.4. The van der Waals surface area contributed by atoms with Crippen molar-refractivity contribution in [1.82, 2.24) is 25.0 Å². The summed E-state index contributed by atoms with van der Waals surface area (Å²) in [6.07, 6.45) is 12.4. The maximum atomic E-state index is 13.5. The number of pyridine rings is 1. The van der Waals surface area contributed by atoms with Gasteiger partial charge in [-0.3, -0.25) is 20.0 Å². The molecular weight excluding hydrogens is 542 g/mol. The molecule has 3 aliphatic rings. The van der Waals surface area contributed by atoms with E-state index in [4.69, 9.17) is 15.2 Å². The summed E-state index contributed by atoms with van der Waals surface area (Å²) in [5.74, 6) is 0.462. The summed E-state index contributed by atoms with van der Waals surface area (Å²) in [5, 5.41) is 9.16. The van der Waals surface area contributed by atoms with Gasteiger partial charge in [0, 0.05) is 62.8 Å². The van der Waals surface area contributed by atoms with Crippen LogP contribution in [0.2, 0.25) is 0 Å².